The molecule has 0 aromatic rings. The van der Waals surface area contributed by atoms with Gasteiger partial charge >= 0.3 is 0 Å². The van der Waals surface area contributed by atoms with E-state index in [1.54, 1.807) is 0 Å². The van der Waals surface area contributed by atoms with Crippen molar-refractivity contribution in [3.63, 3.8) is 0 Å². The number of rotatable bonds is 0. The number of hydrogen-bond donors (Lipinski definition) is 1. The van der Waals surface area contributed by atoms with E-state index in [1.807, 2.05) is 0 Å². The van der Waals surface area contributed by atoms with Crippen LogP contribution in [0.5, 0.6) is 0 Å². The molecule has 0 aromatic carbocycles. The van der Waals surface area contributed by atoms with Gasteiger partial charge in [0, 0.05) is 13.1 Å². The highest BCUT2D eigenvalue weighted by molar-refractivity contribution is 5.02. The van der Waals surface area contributed by atoms with Crippen molar-refractivity contribution in [3.8, 4) is 0 Å². The van der Waals surface area contributed by atoms with Crippen LogP contribution >= 0.6 is 0 Å². The Bertz CT molecular complexity index is 348. The minimum atomic E-state index is 0.445. The van der Waals surface area contributed by atoms with Gasteiger partial charge in [0.2, 0.25) is 0 Å². The van der Waals surface area contributed by atoms with E-state index in [0.29, 0.717) is 79.4 Å². The van der Waals surface area contributed by atoms with E-state index in [4.69, 9.17) is 28.4 Å². The highest BCUT2D eigenvalue weighted by atomic mass is 16.5. The van der Waals surface area contributed by atoms with Crippen LogP contribution in [0.15, 0.2) is 11.6 Å². The molecule has 1 fully saturated rings. The molecule has 0 amide bonds. The maximum atomic E-state index is 5.68. The average Bonchev–Trinajstić information content (AvgIpc) is 2.65. The fourth-order valence-electron chi connectivity index (χ4n) is 2.59. The Kier molecular flexibility index (Phi) is 12.9. The van der Waals surface area contributed by atoms with Gasteiger partial charge in [-0.3, -0.25) is 0 Å². The van der Waals surface area contributed by atoms with Crippen LogP contribution in [0.4, 0.5) is 0 Å². The Morgan fingerprint density at radius 1 is 0.615 bits per heavy atom. The molecule has 0 radical (unpaired) electrons. The number of nitrogens with one attached hydrogen (secondary N) is 1. The number of hydrazine groups is 1. The van der Waals surface area contributed by atoms with Crippen LogP contribution in [-0.4, -0.2) is 97.5 Å². The number of fused-ring (bicyclic) bond motifs is 21. The lowest BCUT2D eigenvalue weighted by atomic mass is 10.1. The SMILES string of the molecule is C1=C2CCOCCOCCN(CCOCCOC1)NCOCCOCC2. The molecule has 0 spiro atoms. The normalized spacial score (nSPS) is 27.4. The van der Waals surface area contributed by atoms with Gasteiger partial charge in [0.25, 0.3) is 0 Å². The molecule has 3 aliphatic heterocycles. The summed E-state index contributed by atoms with van der Waals surface area (Å²) in [6.45, 7) is 8.75. The van der Waals surface area contributed by atoms with Crippen LogP contribution in [0.3, 0.4) is 0 Å². The summed E-state index contributed by atoms with van der Waals surface area (Å²) in [5, 5.41) is 2.06. The van der Waals surface area contributed by atoms with Gasteiger partial charge in [-0.25, -0.2) is 10.4 Å². The molecule has 0 aromatic heterocycles. The molecule has 1 saturated heterocycles. The van der Waals surface area contributed by atoms with E-state index in [-0.39, 0.29) is 0 Å². The fraction of sp³-hybridized carbons (Fsp3) is 0.889. The zero-order chi connectivity index (χ0) is 18.1. The van der Waals surface area contributed by atoms with E-state index in [1.165, 1.54) is 5.57 Å². The number of ether oxygens (including phenoxy) is 6. The maximum absolute atomic E-state index is 5.68. The lowest BCUT2D eigenvalue weighted by Gasteiger charge is -2.23. The predicted molar refractivity (Wildman–Crippen MR) is 96.9 cm³/mol. The first-order chi connectivity index (χ1) is 12.9. The van der Waals surface area contributed by atoms with Crippen molar-refractivity contribution >= 4 is 0 Å². The summed E-state index contributed by atoms with van der Waals surface area (Å²) in [7, 11) is 0. The smallest absolute Gasteiger partial charge is 0.109 e. The van der Waals surface area contributed by atoms with E-state index in [2.05, 4.69) is 16.5 Å². The topological polar surface area (TPSA) is 70.7 Å². The molecule has 0 saturated carbocycles. The minimum absolute atomic E-state index is 0.445. The van der Waals surface area contributed by atoms with Crippen LogP contribution in [0.1, 0.15) is 12.8 Å². The van der Waals surface area contributed by atoms with Crippen molar-refractivity contribution in [1.82, 2.24) is 10.4 Å². The standard InChI is InChI=1S/C18H34N2O6/c1-6-21-11-13-24-9-4-20-5-10-25-14-12-22-7-2-18(1)3-8-23-15-16-26-17-19-20/h1,19H,2-17H2. The summed E-state index contributed by atoms with van der Waals surface area (Å²) in [6, 6.07) is 0. The van der Waals surface area contributed by atoms with Crippen molar-refractivity contribution in [2.45, 2.75) is 12.8 Å². The monoisotopic (exact) mass is 374 g/mol. The number of nitrogens with zero attached hydrogens (tertiary/aromatic N) is 1. The summed E-state index contributed by atoms with van der Waals surface area (Å²) in [5.41, 5.74) is 4.56. The van der Waals surface area contributed by atoms with Crippen molar-refractivity contribution < 1.29 is 28.4 Å². The van der Waals surface area contributed by atoms with Crippen LogP contribution in [0, 0.1) is 0 Å². The first kappa shape index (κ1) is 21.7. The lowest BCUT2D eigenvalue weighted by molar-refractivity contribution is -0.0172. The van der Waals surface area contributed by atoms with Gasteiger partial charge < -0.3 is 28.4 Å². The van der Waals surface area contributed by atoms with Gasteiger partial charge in [0.15, 0.2) is 0 Å². The lowest BCUT2D eigenvalue weighted by Crippen LogP contribution is -2.43. The van der Waals surface area contributed by atoms with Crippen molar-refractivity contribution in [3.05, 3.63) is 11.6 Å². The Hall–Kier alpha value is -0.580. The third-order valence-corrected chi connectivity index (χ3v) is 4.14. The van der Waals surface area contributed by atoms with Gasteiger partial charge in [-0.2, -0.15) is 0 Å². The van der Waals surface area contributed by atoms with Crippen LogP contribution in [-0.2, 0) is 28.4 Å². The summed E-state index contributed by atoms with van der Waals surface area (Å²) in [4.78, 5) is 0. The van der Waals surface area contributed by atoms with Crippen molar-refractivity contribution in [2.75, 3.05) is 92.5 Å². The molecule has 0 aliphatic carbocycles. The van der Waals surface area contributed by atoms with E-state index >= 15 is 0 Å². The molecule has 1 N–H and O–H groups in total. The first-order valence-electron chi connectivity index (χ1n) is 9.58. The Balaban J connectivity index is 1.91. The van der Waals surface area contributed by atoms with E-state index < -0.39 is 0 Å². The van der Waals surface area contributed by atoms with Crippen molar-refractivity contribution in [2.24, 2.45) is 0 Å². The van der Waals surface area contributed by atoms with Crippen LogP contribution in [0.25, 0.3) is 0 Å². The molecule has 1 atom stereocenters. The first-order valence-corrected chi connectivity index (χ1v) is 9.58. The molecule has 1 unspecified atom stereocenters. The zero-order valence-corrected chi connectivity index (χ0v) is 15.8. The van der Waals surface area contributed by atoms with Gasteiger partial charge in [-0.15, -0.1) is 0 Å². The minimum Gasteiger partial charge on any atom is -0.379 e. The van der Waals surface area contributed by atoms with Gasteiger partial charge in [0.1, 0.15) is 6.73 Å². The average molecular weight is 374 g/mol. The van der Waals surface area contributed by atoms with Crippen LogP contribution < -0.4 is 5.43 Å². The largest absolute Gasteiger partial charge is 0.379 e. The third kappa shape index (κ3) is 11.2. The molecule has 8 heteroatoms. The van der Waals surface area contributed by atoms with E-state index in [9.17, 15) is 0 Å². The van der Waals surface area contributed by atoms with Gasteiger partial charge in [0.05, 0.1) is 72.7 Å². The second kappa shape index (κ2) is 15.5. The second-order valence-corrected chi connectivity index (χ2v) is 6.08. The van der Waals surface area contributed by atoms with Gasteiger partial charge in [-0.1, -0.05) is 11.6 Å². The summed E-state index contributed by atoms with van der Waals surface area (Å²) in [6.07, 6.45) is 3.90. The summed E-state index contributed by atoms with van der Waals surface area (Å²) >= 11 is 0. The molecule has 3 rings (SSSR count). The highest BCUT2D eigenvalue weighted by Gasteiger charge is 2.06. The Labute approximate surface area is 156 Å². The number of hydrogen-bond acceptors (Lipinski definition) is 8. The molecule has 26 heavy (non-hydrogen) atoms. The quantitative estimate of drug-likeness (QED) is 0.618. The fourth-order valence-corrected chi connectivity index (χ4v) is 2.59. The summed E-state index contributed by atoms with van der Waals surface area (Å²) in [5.74, 6) is 0. The Morgan fingerprint density at radius 2 is 1.15 bits per heavy atom. The maximum Gasteiger partial charge on any atom is 0.109 e. The molecular weight excluding hydrogens is 340 g/mol. The zero-order valence-electron chi connectivity index (χ0n) is 15.8. The molecule has 152 valence electrons. The molecular formula is C18H34N2O6. The van der Waals surface area contributed by atoms with Crippen molar-refractivity contribution in [1.29, 1.82) is 0 Å². The third-order valence-electron chi connectivity index (χ3n) is 4.14. The highest BCUT2D eigenvalue weighted by Crippen LogP contribution is 2.08. The van der Waals surface area contributed by atoms with E-state index in [0.717, 1.165) is 25.9 Å². The summed E-state index contributed by atoms with van der Waals surface area (Å²) < 4.78 is 33.9. The second-order valence-electron chi connectivity index (χ2n) is 6.08. The predicted octanol–water partition coefficient (Wildman–Crippen LogP) is 0.584. The van der Waals surface area contributed by atoms with Gasteiger partial charge in [-0.05, 0) is 12.8 Å². The Morgan fingerprint density at radius 3 is 1.81 bits per heavy atom. The molecule has 3 heterocycles. The molecule has 2 bridgehead atoms. The van der Waals surface area contributed by atoms with Crippen LogP contribution in [0.2, 0.25) is 0 Å². The molecule has 3 aliphatic rings. The molecule has 8 nitrogen and oxygen atoms in total.